The third-order valence-electron chi connectivity index (χ3n) is 2.88. The van der Waals surface area contributed by atoms with Crippen molar-refractivity contribution in [1.82, 2.24) is 14.9 Å². The van der Waals surface area contributed by atoms with Crippen molar-refractivity contribution < 1.29 is 13.2 Å². The van der Waals surface area contributed by atoms with Crippen LogP contribution in [0.2, 0.25) is 0 Å². The van der Waals surface area contributed by atoms with E-state index in [9.17, 15) is 13.2 Å². The number of hydrogen-bond acceptors (Lipinski definition) is 2. The van der Waals surface area contributed by atoms with Gasteiger partial charge < -0.3 is 9.88 Å². The first-order valence-corrected chi connectivity index (χ1v) is 6.20. The summed E-state index contributed by atoms with van der Waals surface area (Å²) in [6, 6.07) is -0.190. The molecule has 1 aromatic heterocycles. The van der Waals surface area contributed by atoms with E-state index in [0.717, 1.165) is 18.8 Å². The summed E-state index contributed by atoms with van der Waals surface area (Å²) in [6.45, 7) is 2.91. The number of nitrogens with one attached hydrogen (secondary N) is 1. The maximum absolute atomic E-state index is 12.2. The molecule has 6 heteroatoms. The number of halogens is 3. The Morgan fingerprint density at radius 3 is 2.72 bits per heavy atom. The molecular weight excluding hydrogens is 243 g/mol. The standard InChI is InChI=1S/C12H20F3N3/c1-3-7-18-8-6-17-11(18)9-10(16-2)4-5-12(13,14)15/h6,8,10,16H,3-5,7,9H2,1-2H3. The second-order valence-corrected chi connectivity index (χ2v) is 4.38. The number of hydrogen-bond donors (Lipinski definition) is 1. The summed E-state index contributed by atoms with van der Waals surface area (Å²) in [6.07, 6.45) is 0.312. The van der Waals surface area contributed by atoms with E-state index in [0.29, 0.717) is 6.42 Å². The van der Waals surface area contributed by atoms with Crippen molar-refractivity contribution >= 4 is 0 Å². The van der Waals surface area contributed by atoms with Crippen LogP contribution in [-0.4, -0.2) is 28.8 Å². The Kier molecular flexibility index (Phi) is 5.65. The Labute approximate surface area is 105 Å². The van der Waals surface area contributed by atoms with Gasteiger partial charge in [0.15, 0.2) is 0 Å². The molecule has 104 valence electrons. The minimum absolute atomic E-state index is 0.0823. The van der Waals surface area contributed by atoms with Gasteiger partial charge in [-0.05, 0) is 19.9 Å². The van der Waals surface area contributed by atoms with Gasteiger partial charge in [0.1, 0.15) is 5.82 Å². The van der Waals surface area contributed by atoms with Crippen molar-refractivity contribution in [2.45, 2.75) is 51.4 Å². The average molecular weight is 263 g/mol. The van der Waals surface area contributed by atoms with Crippen LogP contribution in [0.15, 0.2) is 12.4 Å². The molecule has 1 heterocycles. The SMILES string of the molecule is CCCn1ccnc1CC(CCC(F)(F)F)NC. The zero-order chi connectivity index (χ0) is 13.6. The summed E-state index contributed by atoms with van der Waals surface area (Å²) >= 11 is 0. The van der Waals surface area contributed by atoms with Gasteiger partial charge in [-0.15, -0.1) is 0 Å². The van der Waals surface area contributed by atoms with Crippen molar-refractivity contribution in [2.24, 2.45) is 0 Å². The summed E-state index contributed by atoms with van der Waals surface area (Å²) in [4.78, 5) is 4.21. The zero-order valence-electron chi connectivity index (χ0n) is 10.8. The quantitative estimate of drug-likeness (QED) is 0.819. The number of aryl methyl sites for hydroxylation is 1. The molecule has 0 fully saturated rings. The van der Waals surface area contributed by atoms with E-state index in [1.165, 1.54) is 0 Å². The number of likely N-dealkylation sites (N-methyl/N-ethyl adjacent to an activating group) is 1. The Morgan fingerprint density at radius 1 is 1.44 bits per heavy atom. The Bertz CT molecular complexity index is 347. The van der Waals surface area contributed by atoms with Gasteiger partial charge in [-0.25, -0.2) is 4.98 Å². The van der Waals surface area contributed by atoms with E-state index in [2.05, 4.69) is 17.2 Å². The number of aromatic nitrogens is 2. The van der Waals surface area contributed by atoms with Crippen molar-refractivity contribution in [3.8, 4) is 0 Å². The maximum Gasteiger partial charge on any atom is 0.389 e. The minimum atomic E-state index is -4.09. The molecule has 0 aromatic carbocycles. The molecule has 1 rings (SSSR count). The monoisotopic (exact) mass is 263 g/mol. The van der Waals surface area contributed by atoms with E-state index in [1.807, 2.05) is 10.8 Å². The average Bonchev–Trinajstić information content (AvgIpc) is 2.71. The molecule has 0 aliphatic rings. The van der Waals surface area contributed by atoms with E-state index in [1.54, 1.807) is 13.2 Å². The Hall–Kier alpha value is -1.04. The number of rotatable bonds is 7. The molecule has 1 unspecified atom stereocenters. The normalized spacial score (nSPS) is 13.8. The fourth-order valence-electron chi connectivity index (χ4n) is 1.88. The van der Waals surface area contributed by atoms with Crippen LogP contribution in [0.1, 0.15) is 32.0 Å². The number of imidazole rings is 1. The second-order valence-electron chi connectivity index (χ2n) is 4.38. The lowest BCUT2D eigenvalue weighted by Crippen LogP contribution is -2.30. The van der Waals surface area contributed by atoms with E-state index in [-0.39, 0.29) is 12.5 Å². The highest BCUT2D eigenvalue weighted by molar-refractivity contribution is 4.95. The van der Waals surface area contributed by atoms with Gasteiger partial charge in [-0.2, -0.15) is 13.2 Å². The van der Waals surface area contributed by atoms with Crippen molar-refractivity contribution in [3.05, 3.63) is 18.2 Å². The van der Waals surface area contributed by atoms with Crippen LogP contribution >= 0.6 is 0 Å². The van der Waals surface area contributed by atoms with Crippen LogP contribution in [0.3, 0.4) is 0 Å². The van der Waals surface area contributed by atoms with Crippen LogP contribution < -0.4 is 5.32 Å². The summed E-state index contributed by atoms with van der Waals surface area (Å²) in [5.74, 6) is 0.846. The molecule has 3 nitrogen and oxygen atoms in total. The zero-order valence-corrected chi connectivity index (χ0v) is 10.8. The van der Waals surface area contributed by atoms with Crippen LogP contribution in [0.5, 0.6) is 0 Å². The third kappa shape index (κ3) is 5.08. The lowest BCUT2D eigenvalue weighted by Gasteiger charge is -2.17. The van der Waals surface area contributed by atoms with Crippen molar-refractivity contribution in [3.63, 3.8) is 0 Å². The second kappa shape index (κ2) is 6.78. The molecule has 0 spiro atoms. The van der Waals surface area contributed by atoms with Crippen LogP contribution in [0.4, 0.5) is 13.2 Å². The molecule has 0 aliphatic carbocycles. The first kappa shape index (κ1) is 15.0. The molecule has 1 N–H and O–H groups in total. The number of nitrogens with zero attached hydrogens (tertiary/aromatic N) is 2. The molecule has 1 aromatic rings. The van der Waals surface area contributed by atoms with E-state index < -0.39 is 12.6 Å². The summed E-state index contributed by atoms with van der Waals surface area (Å²) in [5, 5.41) is 2.93. The first-order valence-electron chi connectivity index (χ1n) is 6.20. The van der Waals surface area contributed by atoms with Gasteiger partial charge >= 0.3 is 6.18 Å². The fraction of sp³-hybridized carbons (Fsp3) is 0.750. The Morgan fingerprint density at radius 2 is 2.17 bits per heavy atom. The van der Waals surface area contributed by atoms with Crippen LogP contribution in [0.25, 0.3) is 0 Å². The topological polar surface area (TPSA) is 29.9 Å². The van der Waals surface area contributed by atoms with Gasteiger partial charge in [-0.3, -0.25) is 0 Å². The van der Waals surface area contributed by atoms with Crippen LogP contribution in [0, 0.1) is 0 Å². The highest BCUT2D eigenvalue weighted by atomic mass is 19.4. The highest BCUT2D eigenvalue weighted by Crippen LogP contribution is 2.23. The predicted molar refractivity (Wildman–Crippen MR) is 64.4 cm³/mol. The molecule has 0 aliphatic heterocycles. The third-order valence-corrected chi connectivity index (χ3v) is 2.88. The van der Waals surface area contributed by atoms with Gasteiger partial charge in [-0.1, -0.05) is 6.92 Å². The van der Waals surface area contributed by atoms with Gasteiger partial charge in [0, 0.05) is 37.8 Å². The van der Waals surface area contributed by atoms with Crippen molar-refractivity contribution in [1.29, 1.82) is 0 Å². The largest absolute Gasteiger partial charge is 0.389 e. The fourth-order valence-corrected chi connectivity index (χ4v) is 1.88. The molecular formula is C12H20F3N3. The Balaban J connectivity index is 2.54. The molecule has 0 radical (unpaired) electrons. The van der Waals surface area contributed by atoms with Gasteiger partial charge in [0.05, 0.1) is 0 Å². The summed E-state index contributed by atoms with van der Waals surface area (Å²) < 4.78 is 38.5. The predicted octanol–water partition coefficient (Wildman–Crippen LogP) is 2.77. The van der Waals surface area contributed by atoms with E-state index >= 15 is 0 Å². The van der Waals surface area contributed by atoms with Gasteiger partial charge in [0.25, 0.3) is 0 Å². The highest BCUT2D eigenvalue weighted by Gasteiger charge is 2.28. The molecule has 0 saturated carbocycles. The smallest absolute Gasteiger partial charge is 0.335 e. The summed E-state index contributed by atoms with van der Waals surface area (Å²) in [5.41, 5.74) is 0. The summed E-state index contributed by atoms with van der Waals surface area (Å²) in [7, 11) is 1.69. The minimum Gasteiger partial charge on any atom is -0.335 e. The molecule has 18 heavy (non-hydrogen) atoms. The van der Waals surface area contributed by atoms with Crippen molar-refractivity contribution in [2.75, 3.05) is 7.05 Å². The lowest BCUT2D eigenvalue weighted by atomic mass is 10.1. The number of alkyl halides is 3. The molecule has 0 amide bonds. The first-order chi connectivity index (χ1) is 8.46. The maximum atomic E-state index is 12.2. The van der Waals surface area contributed by atoms with Gasteiger partial charge in [0.2, 0.25) is 0 Å². The molecule has 0 saturated heterocycles. The lowest BCUT2D eigenvalue weighted by molar-refractivity contribution is -0.136. The molecule has 1 atom stereocenters. The van der Waals surface area contributed by atoms with Crippen LogP contribution in [-0.2, 0) is 13.0 Å². The van der Waals surface area contributed by atoms with E-state index in [4.69, 9.17) is 0 Å². The molecule has 0 bridgehead atoms.